The third-order valence-corrected chi connectivity index (χ3v) is 4.02. The maximum atomic E-state index is 12.8. The van der Waals surface area contributed by atoms with Gasteiger partial charge in [-0.2, -0.15) is 0 Å². The van der Waals surface area contributed by atoms with E-state index < -0.39 is 0 Å². The third kappa shape index (κ3) is 7.69. The van der Waals surface area contributed by atoms with Gasteiger partial charge < -0.3 is 10.6 Å². The van der Waals surface area contributed by atoms with Crippen LogP contribution in [0.2, 0.25) is 0 Å². The minimum atomic E-state index is -0.218. The van der Waals surface area contributed by atoms with Crippen molar-refractivity contribution in [3.05, 3.63) is 66.0 Å². The largest absolute Gasteiger partial charge is 0.356 e. The van der Waals surface area contributed by atoms with Gasteiger partial charge in [0, 0.05) is 30.8 Å². The molecular formula is C17H21FIN3S. The second-order valence-electron chi connectivity index (χ2n) is 4.64. The van der Waals surface area contributed by atoms with Crippen LogP contribution in [0.3, 0.4) is 0 Å². The van der Waals surface area contributed by atoms with Crippen molar-refractivity contribution in [1.82, 2.24) is 10.6 Å². The highest BCUT2D eigenvalue weighted by atomic mass is 127. The molecule has 0 aliphatic carbocycles. The summed E-state index contributed by atoms with van der Waals surface area (Å²) in [7, 11) is 1.74. The second-order valence-corrected chi connectivity index (χ2v) is 5.81. The summed E-state index contributed by atoms with van der Waals surface area (Å²) in [4.78, 5) is 5.44. The van der Waals surface area contributed by atoms with Crippen LogP contribution in [-0.4, -0.2) is 25.3 Å². The van der Waals surface area contributed by atoms with Gasteiger partial charge in [-0.25, -0.2) is 4.39 Å². The van der Waals surface area contributed by atoms with Crippen molar-refractivity contribution in [2.75, 3.05) is 19.3 Å². The van der Waals surface area contributed by atoms with Gasteiger partial charge in [0.25, 0.3) is 0 Å². The predicted molar refractivity (Wildman–Crippen MR) is 107 cm³/mol. The molecule has 6 heteroatoms. The Labute approximate surface area is 158 Å². The van der Waals surface area contributed by atoms with Gasteiger partial charge in [0.1, 0.15) is 5.82 Å². The average molecular weight is 445 g/mol. The molecule has 2 aromatic carbocycles. The lowest BCUT2D eigenvalue weighted by Gasteiger charge is -2.11. The number of rotatable bonds is 6. The van der Waals surface area contributed by atoms with E-state index in [1.165, 1.54) is 17.0 Å². The average Bonchev–Trinajstić information content (AvgIpc) is 2.57. The maximum Gasteiger partial charge on any atom is 0.191 e. The molecule has 0 saturated carbocycles. The molecule has 0 aliphatic rings. The van der Waals surface area contributed by atoms with Crippen LogP contribution in [0.15, 0.2) is 64.5 Å². The first-order chi connectivity index (χ1) is 10.8. The van der Waals surface area contributed by atoms with Crippen LogP contribution in [0.4, 0.5) is 4.39 Å². The van der Waals surface area contributed by atoms with E-state index in [4.69, 9.17) is 0 Å². The SMILES string of the molecule is CN=C(NCCSc1ccccc1)NCc1ccc(F)cc1.I. The molecule has 0 amide bonds. The van der Waals surface area contributed by atoms with Crippen LogP contribution in [0.1, 0.15) is 5.56 Å². The number of hydrogen-bond donors (Lipinski definition) is 2. The third-order valence-electron chi connectivity index (χ3n) is 3.00. The molecule has 0 saturated heterocycles. The summed E-state index contributed by atoms with van der Waals surface area (Å²) in [6.07, 6.45) is 0. The van der Waals surface area contributed by atoms with E-state index in [-0.39, 0.29) is 29.8 Å². The van der Waals surface area contributed by atoms with E-state index in [2.05, 4.69) is 27.8 Å². The van der Waals surface area contributed by atoms with Crippen LogP contribution in [0, 0.1) is 5.82 Å². The van der Waals surface area contributed by atoms with E-state index in [0.29, 0.717) is 6.54 Å². The first-order valence-electron chi connectivity index (χ1n) is 7.15. The molecule has 0 fully saturated rings. The minimum Gasteiger partial charge on any atom is -0.356 e. The van der Waals surface area contributed by atoms with E-state index in [1.807, 2.05) is 18.2 Å². The van der Waals surface area contributed by atoms with Gasteiger partial charge in [0.2, 0.25) is 0 Å². The molecule has 3 nitrogen and oxygen atoms in total. The molecule has 124 valence electrons. The predicted octanol–water partition coefficient (Wildman–Crippen LogP) is 3.90. The first kappa shape index (κ1) is 19.8. The fourth-order valence-corrected chi connectivity index (χ4v) is 2.65. The van der Waals surface area contributed by atoms with Crippen molar-refractivity contribution in [3.8, 4) is 0 Å². The van der Waals surface area contributed by atoms with Crippen LogP contribution in [0.25, 0.3) is 0 Å². The van der Waals surface area contributed by atoms with Gasteiger partial charge >= 0.3 is 0 Å². The zero-order chi connectivity index (χ0) is 15.6. The molecule has 2 N–H and O–H groups in total. The molecule has 23 heavy (non-hydrogen) atoms. The quantitative estimate of drug-likeness (QED) is 0.233. The highest BCUT2D eigenvalue weighted by Crippen LogP contribution is 2.15. The number of thioether (sulfide) groups is 1. The monoisotopic (exact) mass is 445 g/mol. The Balaban J connectivity index is 0.00000264. The zero-order valence-corrected chi connectivity index (χ0v) is 16.1. The Morgan fingerprint density at radius 3 is 2.39 bits per heavy atom. The standard InChI is InChI=1S/C17H20FN3S.HI/c1-19-17(21-13-14-7-9-15(18)10-8-14)20-11-12-22-16-5-3-2-4-6-16;/h2-10H,11-13H2,1H3,(H2,19,20,21);1H. The Morgan fingerprint density at radius 2 is 1.74 bits per heavy atom. The van der Waals surface area contributed by atoms with Crippen LogP contribution >= 0.6 is 35.7 Å². The minimum absolute atomic E-state index is 0. The molecule has 2 rings (SSSR count). The van der Waals surface area contributed by atoms with E-state index >= 15 is 0 Å². The lowest BCUT2D eigenvalue weighted by molar-refractivity contribution is 0.626. The molecular weight excluding hydrogens is 424 g/mol. The first-order valence-corrected chi connectivity index (χ1v) is 8.13. The molecule has 0 atom stereocenters. The second kappa shape index (κ2) is 11.3. The molecule has 0 aliphatic heterocycles. The Hall–Kier alpha value is -1.28. The number of hydrogen-bond acceptors (Lipinski definition) is 2. The molecule has 0 bridgehead atoms. The van der Waals surface area contributed by atoms with Gasteiger partial charge in [-0.1, -0.05) is 30.3 Å². The summed E-state index contributed by atoms with van der Waals surface area (Å²) in [5.41, 5.74) is 1.02. The molecule has 2 aromatic rings. The fraction of sp³-hybridized carbons (Fsp3) is 0.235. The zero-order valence-electron chi connectivity index (χ0n) is 13.0. The van der Waals surface area contributed by atoms with Gasteiger partial charge in [-0.05, 0) is 29.8 Å². The Bertz CT molecular complexity index is 591. The van der Waals surface area contributed by atoms with Crippen molar-refractivity contribution < 1.29 is 4.39 Å². The van der Waals surface area contributed by atoms with Crippen molar-refractivity contribution in [2.24, 2.45) is 4.99 Å². The van der Waals surface area contributed by atoms with Crippen molar-refractivity contribution in [2.45, 2.75) is 11.4 Å². The van der Waals surface area contributed by atoms with E-state index in [9.17, 15) is 4.39 Å². The fourth-order valence-electron chi connectivity index (χ4n) is 1.86. The van der Waals surface area contributed by atoms with Gasteiger partial charge in [0.15, 0.2) is 5.96 Å². The van der Waals surface area contributed by atoms with Crippen molar-refractivity contribution in [3.63, 3.8) is 0 Å². The molecule has 0 spiro atoms. The number of aliphatic imine (C=N–C) groups is 1. The Morgan fingerprint density at radius 1 is 1.04 bits per heavy atom. The van der Waals surface area contributed by atoms with Gasteiger partial charge in [0.05, 0.1) is 0 Å². The van der Waals surface area contributed by atoms with Crippen LogP contribution < -0.4 is 10.6 Å². The van der Waals surface area contributed by atoms with Gasteiger partial charge in [-0.15, -0.1) is 35.7 Å². The lowest BCUT2D eigenvalue weighted by atomic mass is 10.2. The number of nitrogens with one attached hydrogen (secondary N) is 2. The topological polar surface area (TPSA) is 36.4 Å². The summed E-state index contributed by atoms with van der Waals surface area (Å²) >= 11 is 1.80. The lowest BCUT2D eigenvalue weighted by Crippen LogP contribution is -2.37. The molecule has 0 heterocycles. The smallest absolute Gasteiger partial charge is 0.191 e. The summed E-state index contributed by atoms with van der Waals surface area (Å²) < 4.78 is 12.8. The summed E-state index contributed by atoms with van der Waals surface area (Å²) in [5, 5.41) is 6.48. The van der Waals surface area contributed by atoms with Crippen LogP contribution in [-0.2, 0) is 6.54 Å². The maximum absolute atomic E-state index is 12.8. The summed E-state index contributed by atoms with van der Waals surface area (Å²) in [6.45, 7) is 1.44. The summed E-state index contributed by atoms with van der Waals surface area (Å²) in [5.74, 6) is 1.49. The Kier molecular flexibility index (Phi) is 9.70. The van der Waals surface area contributed by atoms with Crippen molar-refractivity contribution in [1.29, 1.82) is 0 Å². The number of benzene rings is 2. The molecule has 0 radical (unpaired) electrons. The number of nitrogens with zero attached hydrogens (tertiary/aromatic N) is 1. The number of halogens is 2. The van der Waals surface area contributed by atoms with E-state index in [1.54, 1.807) is 30.9 Å². The van der Waals surface area contributed by atoms with Crippen LogP contribution in [0.5, 0.6) is 0 Å². The summed E-state index contributed by atoms with van der Waals surface area (Å²) in [6, 6.07) is 16.8. The van der Waals surface area contributed by atoms with E-state index in [0.717, 1.165) is 23.8 Å². The molecule has 0 aromatic heterocycles. The highest BCUT2D eigenvalue weighted by molar-refractivity contribution is 14.0. The number of guanidine groups is 1. The normalized spacial score (nSPS) is 10.8. The van der Waals surface area contributed by atoms with Crippen molar-refractivity contribution >= 4 is 41.7 Å². The highest BCUT2D eigenvalue weighted by Gasteiger charge is 1.99. The van der Waals surface area contributed by atoms with Gasteiger partial charge in [-0.3, -0.25) is 4.99 Å². The molecule has 0 unspecified atom stereocenters.